The first kappa shape index (κ1) is 22.1. The molecule has 0 saturated carbocycles. The molecule has 1 aliphatic rings. The Labute approximate surface area is 191 Å². The number of ether oxygens (including phenoxy) is 1. The van der Waals surface area contributed by atoms with Crippen LogP contribution >= 0.6 is 0 Å². The third kappa shape index (κ3) is 4.44. The van der Waals surface area contributed by atoms with Crippen molar-refractivity contribution in [2.75, 3.05) is 42.3 Å². The van der Waals surface area contributed by atoms with E-state index in [1.54, 1.807) is 24.9 Å². The van der Waals surface area contributed by atoms with Crippen molar-refractivity contribution in [1.29, 1.82) is 0 Å². The molecule has 0 unspecified atom stereocenters. The summed E-state index contributed by atoms with van der Waals surface area (Å²) in [6.07, 6.45) is 2.92. The molecule has 172 valence electrons. The summed E-state index contributed by atoms with van der Waals surface area (Å²) in [5, 5.41) is 3.15. The van der Waals surface area contributed by atoms with Crippen molar-refractivity contribution in [2.24, 2.45) is 18.5 Å². The minimum atomic E-state index is -0.721. The van der Waals surface area contributed by atoms with Gasteiger partial charge >= 0.3 is 0 Å². The van der Waals surface area contributed by atoms with Gasteiger partial charge in [0.05, 0.1) is 30.9 Å². The Morgan fingerprint density at radius 3 is 2.39 bits per heavy atom. The summed E-state index contributed by atoms with van der Waals surface area (Å²) in [7, 11) is 1.77. The van der Waals surface area contributed by atoms with Gasteiger partial charge in [-0.15, -0.1) is 0 Å². The normalized spacial score (nSPS) is 14.4. The second kappa shape index (κ2) is 9.17. The second-order valence-corrected chi connectivity index (χ2v) is 7.66. The Kier molecular flexibility index (Phi) is 6.13. The molecule has 3 aromatic rings. The topological polar surface area (TPSA) is 163 Å². The number of benzene rings is 1. The van der Waals surface area contributed by atoms with Gasteiger partial charge < -0.3 is 36.7 Å². The van der Waals surface area contributed by atoms with Gasteiger partial charge in [0.1, 0.15) is 11.5 Å². The summed E-state index contributed by atoms with van der Waals surface area (Å²) in [4.78, 5) is 27.8. The van der Waals surface area contributed by atoms with Crippen molar-refractivity contribution in [3.05, 3.63) is 59.6 Å². The summed E-state index contributed by atoms with van der Waals surface area (Å²) >= 11 is 0. The highest BCUT2D eigenvalue weighted by Gasteiger charge is 2.22. The van der Waals surface area contributed by atoms with Crippen LogP contribution in [0.3, 0.4) is 0 Å². The minimum Gasteiger partial charge on any atom is -0.404 e. The third-order valence-electron chi connectivity index (χ3n) is 5.47. The molecule has 0 atom stereocenters. The highest BCUT2D eigenvalue weighted by atomic mass is 16.5. The largest absolute Gasteiger partial charge is 0.404 e. The molecule has 7 N–H and O–H groups in total. The number of hydrogen-bond acceptors (Lipinski definition) is 9. The van der Waals surface area contributed by atoms with Crippen LogP contribution in [-0.4, -0.2) is 51.7 Å². The molecule has 1 saturated heterocycles. The molecule has 1 fully saturated rings. The zero-order valence-corrected chi connectivity index (χ0v) is 18.6. The van der Waals surface area contributed by atoms with Gasteiger partial charge in [-0.1, -0.05) is 0 Å². The number of hydrogen-bond donors (Lipinski definition) is 4. The van der Waals surface area contributed by atoms with Crippen LogP contribution in [-0.2, 0) is 11.8 Å². The maximum Gasteiger partial charge on any atom is 0.271 e. The van der Waals surface area contributed by atoms with Gasteiger partial charge in [0.25, 0.3) is 5.91 Å². The molecule has 0 aliphatic carbocycles. The Morgan fingerprint density at radius 1 is 1.12 bits per heavy atom. The molecule has 4 rings (SSSR count). The quantitative estimate of drug-likeness (QED) is 0.432. The van der Waals surface area contributed by atoms with E-state index in [-0.39, 0.29) is 11.5 Å². The summed E-state index contributed by atoms with van der Waals surface area (Å²) < 4.78 is 7.06. The van der Waals surface area contributed by atoms with E-state index >= 15 is 0 Å². The Hall–Kier alpha value is -4.12. The number of nitrogens with zero attached hydrogens (tertiary/aromatic N) is 5. The maximum absolute atomic E-state index is 12.2. The number of nitrogen functional groups attached to an aromatic ring is 1. The number of amides is 1. The number of anilines is 4. The number of carbonyl (C=O) groups excluding carboxylic acids is 1. The van der Waals surface area contributed by atoms with E-state index in [0.29, 0.717) is 41.7 Å². The van der Waals surface area contributed by atoms with Crippen LogP contribution < -0.4 is 27.4 Å². The molecule has 2 aromatic heterocycles. The number of carbonyl (C=O) groups is 1. The summed E-state index contributed by atoms with van der Waals surface area (Å²) in [5.41, 5.74) is 21.3. The molecule has 33 heavy (non-hydrogen) atoms. The summed E-state index contributed by atoms with van der Waals surface area (Å²) in [6, 6.07) is 7.84. The van der Waals surface area contributed by atoms with E-state index in [9.17, 15) is 4.79 Å². The van der Waals surface area contributed by atoms with Crippen LogP contribution in [0.1, 0.15) is 27.6 Å². The molecule has 3 heterocycles. The lowest BCUT2D eigenvalue weighted by Gasteiger charge is -2.29. The number of primary amides is 1. The number of morpholine rings is 1. The van der Waals surface area contributed by atoms with Gasteiger partial charge in [0.2, 0.25) is 0 Å². The molecule has 11 heteroatoms. The van der Waals surface area contributed by atoms with Gasteiger partial charge in [-0.3, -0.25) is 4.79 Å². The van der Waals surface area contributed by atoms with E-state index in [0.717, 1.165) is 24.5 Å². The molecule has 0 bridgehead atoms. The lowest BCUT2D eigenvalue weighted by atomic mass is 10.1. The second-order valence-electron chi connectivity index (χ2n) is 7.66. The average Bonchev–Trinajstić information content (AvgIpc) is 3.14. The average molecular weight is 450 g/mol. The predicted molar refractivity (Wildman–Crippen MR) is 127 cm³/mol. The highest BCUT2D eigenvalue weighted by molar-refractivity contribution is 5.97. The number of nitrogens with one attached hydrogen (secondary N) is 1. The fourth-order valence-corrected chi connectivity index (χ4v) is 3.66. The zero-order valence-electron chi connectivity index (χ0n) is 18.6. The smallest absolute Gasteiger partial charge is 0.271 e. The van der Waals surface area contributed by atoms with E-state index in [1.807, 2.05) is 24.3 Å². The number of aryl methyl sites for hydroxylation is 2. The van der Waals surface area contributed by atoms with E-state index in [2.05, 4.69) is 25.2 Å². The molecule has 1 amide bonds. The van der Waals surface area contributed by atoms with Crippen LogP contribution in [0.25, 0.3) is 5.57 Å². The van der Waals surface area contributed by atoms with Crippen molar-refractivity contribution >= 4 is 34.5 Å². The van der Waals surface area contributed by atoms with Crippen molar-refractivity contribution in [3.63, 3.8) is 0 Å². The van der Waals surface area contributed by atoms with E-state index in [4.69, 9.17) is 21.9 Å². The molecule has 1 aliphatic heterocycles. The first-order chi connectivity index (χ1) is 15.9. The first-order valence-corrected chi connectivity index (χ1v) is 10.5. The third-order valence-corrected chi connectivity index (χ3v) is 5.47. The van der Waals surface area contributed by atoms with Crippen LogP contribution in [0.5, 0.6) is 0 Å². The van der Waals surface area contributed by atoms with Gasteiger partial charge in [-0.2, -0.15) is 0 Å². The predicted octanol–water partition coefficient (Wildman–Crippen LogP) is 1.13. The number of nitrogens with two attached hydrogens (primary N) is 3. The number of aromatic nitrogens is 4. The van der Waals surface area contributed by atoms with Crippen LogP contribution in [0, 0.1) is 6.92 Å². The maximum atomic E-state index is 12.2. The van der Waals surface area contributed by atoms with Crippen molar-refractivity contribution < 1.29 is 9.53 Å². The molecule has 0 radical (unpaired) electrons. The van der Waals surface area contributed by atoms with Gasteiger partial charge in [0.15, 0.2) is 11.5 Å². The van der Waals surface area contributed by atoms with Gasteiger partial charge in [0, 0.05) is 43.3 Å². The van der Waals surface area contributed by atoms with Crippen molar-refractivity contribution in [1.82, 2.24) is 19.5 Å². The molecule has 0 spiro atoms. The Morgan fingerprint density at radius 2 is 1.82 bits per heavy atom. The minimum absolute atomic E-state index is 0.0123. The fourth-order valence-electron chi connectivity index (χ4n) is 3.66. The standard InChI is InChI=1S/C22H27N9O2/c1-13-17(16(11-23)18-20(24)30(2)12-26-18)29-19(21(25)32)22(27-13)28-14-3-5-15(6-4-14)31-7-9-33-10-8-31/h3-6,11-12H,7-10,23-24H2,1-2H3,(H2,25,32)(H,27,28)/b16-11-. The van der Waals surface area contributed by atoms with Crippen LogP contribution in [0.4, 0.5) is 23.0 Å². The zero-order chi connectivity index (χ0) is 23.5. The number of imidazole rings is 1. The van der Waals surface area contributed by atoms with E-state index < -0.39 is 5.91 Å². The lowest BCUT2D eigenvalue weighted by Crippen LogP contribution is -2.36. The van der Waals surface area contributed by atoms with Crippen LogP contribution in [0.15, 0.2) is 36.8 Å². The van der Waals surface area contributed by atoms with Gasteiger partial charge in [-0.25, -0.2) is 15.0 Å². The molecule has 11 nitrogen and oxygen atoms in total. The Balaban J connectivity index is 1.65. The Bertz CT molecular complexity index is 1200. The highest BCUT2D eigenvalue weighted by Crippen LogP contribution is 2.29. The van der Waals surface area contributed by atoms with E-state index in [1.165, 1.54) is 6.20 Å². The molecular formula is C22H27N9O2. The van der Waals surface area contributed by atoms with Crippen LogP contribution in [0.2, 0.25) is 0 Å². The summed E-state index contributed by atoms with van der Waals surface area (Å²) in [6.45, 7) is 4.90. The summed E-state index contributed by atoms with van der Waals surface area (Å²) in [5.74, 6) is -0.0501. The van der Waals surface area contributed by atoms with Crippen molar-refractivity contribution in [2.45, 2.75) is 6.92 Å². The molecular weight excluding hydrogens is 422 g/mol. The monoisotopic (exact) mass is 449 g/mol. The number of rotatable bonds is 6. The van der Waals surface area contributed by atoms with Crippen molar-refractivity contribution in [3.8, 4) is 0 Å². The lowest BCUT2D eigenvalue weighted by molar-refractivity contribution is 0.0996. The van der Waals surface area contributed by atoms with Gasteiger partial charge in [-0.05, 0) is 31.2 Å². The fraction of sp³-hybridized carbons (Fsp3) is 0.273. The SMILES string of the molecule is Cc1nc(Nc2ccc(N3CCOCC3)cc2)c(C(N)=O)nc1/C(=C/N)c1ncn(C)c1N. The first-order valence-electron chi connectivity index (χ1n) is 10.5. The molecule has 1 aromatic carbocycles.